The van der Waals surface area contributed by atoms with Crippen LogP contribution in [0, 0.1) is 6.92 Å². The Morgan fingerprint density at radius 2 is 2.03 bits per heavy atom. The van der Waals surface area contributed by atoms with Gasteiger partial charge in [0.15, 0.2) is 0 Å². The quantitative estimate of drug-likeness (QED) is 0.360. The Morgan fingerprint density at radius 3 is 2.79 bits per heavy atom. The maximum Gasteiger partial charge on any atom is 0.320 e. The Morgan fingerprint density at radius 1 is 1.21 bits per heavy atom. The number of benzene rings is 2. The predicted octanol–water partition coefficient (Wildman–Crippen LogP) is 5.70. The van der Waals surface area contributed by atoms with Gasteiger partial charge in [0.2, 0.25) is 0 Å². The molecular weight excluding hydrogens is 500 g/mol. The fraction of sp³-hybridized carbons (Fsp3) is 0.208. The fourth-order valence-electron chi connectivity index (χ4n) is 4.03. The number of halogens is 1. The number of urea groups is 1. The molecule has 0 aliphatic carbocycles. The first-order chi connectivity index (χ1) is 16.0. The molecule has 1 aliphatic heterocycles. The maximum atomic E-state index is 13.2. The fourth-order valence-corrected chi connectivity index (χ4v) is 5.52. The van der Waals surface area contributed by atoms with Gasteiger partial charge in [-0.25, -0.2) is 9.48 Å². The smallest absolute Gasteiger partial charge is 0.320 e. The number of hydrogen-bond acceptors (Lipinski definition) is 4. The van der Waals surface area contributed by atoms with Crippen molar-refractivity contribution < 1.29 is 4.79 Å². The molecule has 3 heterocycles. The maximum absolute atomic E-state index is 13.2. The van der Waals surface area contributed by atoms with Crippen molar-refractivity contribution in [1.29, 1.82) is 0 Å². The third-order valence-corrected chi connectivity index (χ3v) is 7.27. The number of aryl methyl sites for hydroxylation is 1. The van der Waals surface area contributed by atoms with Crippen molar-refractivity contribution in [2.45, 2.75) is 24.3 Å². The summed E-state index contributed by atoms with van der Waals surface area (Å²) in [6.45, 7) is 1.97. The van der Waals surface area contributed by atoms with Gasteiger partial charge in [0.05, 0.1) is 17.9 Å². The second-order valence-corrected chi connectivity index (χ2v) is 10.00. The third kappa shape index (κ3) is 4.43. The van der Waals surface area contributed by atoms with E-state index in [1.165, 1.54) is 4.90 Å². The molecule has 0 bridgehead atoms. The SMILES string of the molecule is Cc1c(-c2cnn(C)c2)nn(-c2ccccc2)c1NC(=O)NC1CCSc2ccc(Br)cc21. The average molecular weight is 523 g/mol. The van der Waals surface area contributed by atoms with Gasteiger partial charge in [0, 0.05) is 39.5 Å². The summed E-state index contributed by atoms with van der Waals surface area (Å²) in [6, 6.07) is 15.7. The second-order valence-electron chi connectivity index (χ2n) is 7.94. The molecule has 1 unspecified atom stereocenters. The molecule has 2 amide bonds. The number of carbonyl (C=O) groups is 1. The Kier molecular flexibility index (Phi) is 5.99. The highest BCUT2D eigenvalue weighted by Gasteiger charge is 2.25. The van der Waals surface area contributed by atoms with Crippen LogP contribution in [0.15, 0.2) is 70.3 Å². The van der Waals surface area contributed by atoms with E-state index in [2.05, 4.69) is 43.8 Å². The monoisotopic (exact) mass is 522 g/mol. The van der Waals surface area contributed by atoms with Crippen LogP contribution in [-0.2, 0) is 7.05 Å². The largest absolute Gasteiger partial charge is 0.331 e. The minimum Gasteiger partial charge on any atom is -0.331 e. The number of hydrogen-bond donors (Lipinski definition) is 2. The van der Waals surface area contributed by atoms with Crippen molar-refractivity contribution in [3.63, 3.8) is 0 Å². The van der Waals surface area contributed by atoms with Crippen LogP contribution >= 0.6 is 27.7 Å². The Hall–Kier alpha value is -3.04. The van der Waals surface area contributed by atoms with Crippen LogP contribution in [0.1, 0.15) is 23.6 Å². The topological polar surface area (TPSA) is 76.8 Å². The lowest BCUT2D eigenvalue weighted by Gasteiger charge is -2.26. The molecule has 9 heteroatoms. The van der Waals surface area contributed by atoms with Crippen LogP contribution in [0.4, 0.5) is 10.6 Å². The molecule has 0 spiro atoms. The molecule has 0 saturated heterocycles. The lowest BCUT2D eigenvalue weighted by molar-refractivity contribution is 0.248. The van der Waals surface area contributed by atoms with Gasteiger partial charge in [-0.1, -0.05) is 34.1 Å². The number of rotatable bonds is 4. The number of amides is 2. The van der Waals surface area contributed by atoms with Crippen molar-refractivity contribution in [1.82, 2.24) is 24.9 Å². The van der Waals surface area contributed by atoms with Gasteiger partial charge in [-0.2, -0.15) is 10.2 Å². The van der Waals surface area contributed by atoms with Gasteiger partial charge >= 0.3 is 6.03 Å². The van der Waals surface area contributed by atoms with Crippen molar-refractivity contribution in [3.05, 3.63) is 76.5 Å². The van der Waals surface area contributed by atoms with E-state index in [-0.39, 0.29) is 12.1 Å². The molecule has 1 atom stereocenters. The number of carbonyl (C=O) groups excluding carboxylic acids is 1. The molecule has 7 nitrogen and oxygen atoms in total. The number of fused-ring (bicyclic) bond motifs is 1. The van der Waals surface area contributed by atoms with Gasteiger partial charge in [-0.3, -0.25) is 10.00 Å². The first kappa shape index (κ1) is 21.8. The average Bonchev–Trinajstić information content (AvgIpc) is 3.38. The summed E-state index contributed by atoms with van der Waals surface area (Å²) in [7, 11) is 1.87. The van der Waals surface area contributed by atoms with E-state index >= 15 is 0 Å². The standard InChI is InChI=1S/C24H23BrN6OS/c1-15-22(16-13-26-30(2)14-16)29-31(18-6-4-3-5-7-18)23(15)28-24(32)27-20-10-11-33-21-9-8-17(25)12-19(20)21/h3-9,12-14,20H,10-11H2,1-2H3,(H2,27,28,32). The van der Waals surface area contributed by atoms with Crippen LogP contribution < -0.4 is 10.6 Å². The van der Waals surface area contributed by atoms with Gasteiger partial charge in [0.25, 0.3) is 0 Å². The Balaban J connectivity index is 1.46. The highest BCUT2D eigenvalue weighted by molar-refractivity contribution is 9.10. The zero-order valence-electron chi connectivity index (χ0n) is 18.2. The van der Waals surface area contributed by atoms with E-state index in [0.717, 1.165) is 44.7 Å². The summed E-state index contributed by atoms with van der Waals surface area (Å²) in [5, 5.41) is 15.3. The number of nitrogens with one attached hydrogen (secondary N) is 2. The number of aromatic nitrogens is 4. The van der Waals surface area contributed by atoms with Gasteiger partial charge < -0.3 is 5.32 Å². The zero-order valence-corrected chi connectivity index (χ0v) is 20.7. The number of nitrogens with zero attached hydrogens (tertiary/aromatic N) is 4. The summed E-state index contributed by atoms with van der Waals surface area (Å²) in [5.74, 6) is 1.60. The van der Waals surface area contributed by atoms with Crippen molar-refractivity contribution in [3.8, 4) is 16.9 Å². The van der Waals surface area contributed by atoms with Gasteiger partial charge in [0.1, 0.15) is 11.5 Å². The van der Waals surface area contributed by atoms with E-state index in [1.54, 1.807) is 15.6 Å². The zero-order chi connectivity index (χ0) is 22.9. The molecule has 0 saturated carbocycles. The van der Waals surface area contributed by atoms with Crippen LogP contribution in [-0.4, -0.2) is 31.3 Å². The number of para-hydroxylation sites is 1. The van der Waals surface area contributed by atoms with Crippen LogP contribution in [0.5, 0.6) is 0 Å². The molecule has 2 aromatic carbocycles. The molecule has 2 aromatic heterocycles. The molecule has 5 rings (SSSR count). The summed E-state index contributed by atoms with van der Waals surface area (Å²) >= 11 is 5.38. The van der Waals surface area contributed by atoms with Crippen LogP contribution in [0.2, 0.25) is 0 Å². The molecule has 33 heavy (non-hydrogen) atoms. The molecule has 0 fully saturated rings. The first-order valence-corrected chi connectivity index (χ1v) is 12.4. The van der Waals surface area contributed by atoms with Crippen molar-refractivity contribution >= 4 is 39.5 Å². The molecule has 4 aromatic rings. The van der Waals surface area contributed by atoms with Gasteiger partial charge in [-0.05, 0) is 49.2 Å². The summed E-state index contributed by atoms with van der Waals surface area (Å²) in [5.41, 5.74) is 4.57. The van der Waals surface area contributed by atoms with E-state index in [1.807, 2.05) is 68.3 Å². The highest BCUT2D eigenvalue weighted by Crippen LogP contribution is 2.38. The summed E-state index contributed by atoms with van der Waals surface area (Å²) in [4.78, 5) is 14.4. The van der Waals surface area contributed by atoms with Crippen molar-refractivity contribution in [2.75, 3.05) is 11.1 Å². The van der Waals surface area contributed by atoms with E-state index in [4.69, 9.17) is 5.10 Å². The second kappa shape index (κ2) is 9.07. The van der Waals surface area contributed by atoms with E-state index < -0.39 is 0 Å². The third-order valence-electron chi connectivity index (χ3n) is 5.65. The van der Waals surface area contributed by atoms with Crippen LogP contribution in [0.25, 0.3) is 16.9 Å². The molecule has 1 aliphatic rings. The minimum atomic E-state index is -0.254. The summed E-state index contributed by atoms with van der Waals surface area (Å²) < 4.78 is 4.53. The number of thioether (sulfide) groups is 1. The lowest BCUT2D eigenvalue weighted by Crippen LogP contribution is -2.34. The Labute approximate surface area is 204 Å². The lowest BCUT2D eigenvalue weighted by atomic mass is 10.0. The van der Waals surface area contributed by atoms with E-state index in [0.29, 0.717) is 5.82 Å². The first-order valence-electron chi connectivity index (χ1n) is 10.6. The molecule has 168 valence electrons. The normalized spacial score (nSPS) is 15.2. The predicted molar refractivity (Wildman–Crippen MR) is 135 cm³/mol. The highest BCUT2D eigenvalue weighted by atomic mass is 79.9. The molecule has 0 radical (unpaired) electrons. The summed E-state index contributed by atoms with van der Waals surface area (Å²) in [6.07, 6.45) is 4.57. The molecular formula is C24H23BrN6OS. The number of anilines is 1. The van der Waals surface area contributed by atoms with E-state index in [9.17, 15) is 4.79 Å². The van der Waals surface area contributed by atoms with Gasteiger partial charge in [-0.15, -0.1) is 11.8 Å². The minimum absolute atomic E-state index is 0.0510. The van der Waals surface area contributed by atoms with Crippen molar-refractivity contribution in [2.24, 2.45) is 7.05 Å². The molecule has 2 N–H and O–H groups in total. The van der Waals surface area contributed by atoms with Crippen LogP contribution in [0.3, 0.4) is 0 Å². The Bertz CT molecular complexity index is 1320.